The highest BCUT2D eigenvalue weighted by Crippen LogP contribution is 2.30. The summed E-state index contributed by atoms with van der Waals surface area (Å²) in [7, 11) is 1.85. The SMILES string of the molecule is CNC(Cc1c(F)cccc1Cl)c1coc2ccccc12. The summed E-state index contributed by atoms with van der Waals surface area (Å²) < 4.78 is 19.5. The van der Waals surface area contributed by atoms with E-state index >= 15 is 0 Å². The van der Waals surface area contributed by atoms with Crippen LogP contribution in [0.3, 0.4) is 0 Å². The Morgan fingerprint density at radius 3 is 2.76 bits per heavy atom. The molecule has 1 unspecified atom stereocenters. The van der Waals surface area contributed by atoms with E-state index in [0.717, 1.165) is 16.5 Å². The molecule has 0 aliphatic heterocycles. The van der Waals surface area contributed by atoms with E-state index in [1.165, 1.54) is 6.07 Å². The summed E-state index contributed by atoms with van der Waals surface area (Å²) in [6.45, 7) is 0. The molecule has 0 amide bonds. The second-order valence-corrected chi connectivity index (χ2v) is 5.34. The van der Waals surface area contributed by atoms with Gasteiger partial charge >= 0.3 is 0 Å². The third kappa shape index (κ3) is 2.67. The first-order chi connectivity index (χ1) is 10.2. The number of fused-ring (bicyclic) bond motifs is 1. The first kappa shape index (κ1) is 14.1. The van der Waals surface area contributed by atoms with Crippen LogP contribution < -0.4 is 5.32 Å². The zero-order valence-electron chi connectivity index (χ0n) is 11.6. The topological polar surface area (TPSA) is 25.2 Å². The molecule has 1 heterocycles. The second kappa shape index (κ2) is 5.88. The minimum Gasteiger partial charge on any atom is -0.464 e. The van der Waals surface area contributed by atoms with E-state index in [4.69, 9.17) is 16.0 Å². The van der Waals surface area contributed by atoms with E-state index in [2.05, 4.69) is 5.32 Å². The normalized spacial score (nSPS) is 12.7. The van der Waals surface area contributed by atoms with Crippen LogP contribution in [0.2, 0.25) is 5.02 Å². The van der Waals surface area contributed by atoms with Gasteiger partial charge in [-0.25, -0.2) is 4.39 Å². The maximum Gasteiger partial charge on any atom is 0.134 e. The summed E-state index contributed by atoms with van der Waals surface area (Å²) in [6, 6.07) is 12.5. The fourth-order valence-electron chi connectivity index (χ4n) is 2.57. The molecule has 0 aliphatic carbocycles. The highest BCUT2D eigenvalue weighted by Gasteiger charge is 2.19. The third-order valence-electron chi connectivity index (χ3n) is 3.70. The smallest absolute Gasteiger partial charge is 0.134 e. The number of likely N-dealkylation sites (N-methyl/N-ethyl adjacent to an activating group) is 1. The van der Waals surface area contributed by atoms with Crippen molar-refractivity contribution in [3.05, 3.63) is 70.7 Å². The number of hydrogen-bond acceptors (Lipinski definition) is 2. The van der Waals surface area contributed by atoms with Gasteiger partial charge in [0.05, 0.1) is 6.26 Å². The van der Waals surface area contributed by atoms with Crippen molar-refractivity contribution in [1.29, 1.82) is 0 Å². The second-order valence-electron chi connectivity index (χ2n) is 4.93. The molecule has 0 fully saturated rings. The number of halogens is 2. The average Bonchev–Trinajstić information content (AvgIpc) is 2.91. The molecule has 3 aromatic rings. The first-order valence-electron chi connectivity index (χ1n) is 6.77. The molecule has 0 bridgehead atoms. The summed E-state index contributed by atoms with van der Waals surface area (Å²) in [5, 5.41) is 4.69. The van der Waals surface area contributed by atoms with Gasteiger partial charge < -0.3 is 9.73 Å². The zero-order valence-corrected chi connectivity index (χ0v) is 12.3. The van der Waals surface area contributed by atoms with Crippen LogP contribution in [-0.2, 0) is 6.42 Å². The van der Waals surface area contributed by atoms with Crippen LogP contribution in [-0.4, -0.2) is 7.05 Å². The lowest BCUT2D eigenvalue weighted by Crippen LogP contribution is -2.19. The van der Waals surface area contributed by atoms with Crippen LogP contribution in [0.15, 0.2) is 53.1 Å². The molecule has 108 valence electrons. The van der Waals surface area contributed by atoms with Crippen LogP contribution in [0.25, 0.3) is 11.0 Å². The van der Waals surface area contributed by atoms with E-state index < -0.39 is 0 Å². The largest absolute Gasteiger partial charge is 0.464 e. The van der Waals surface area contributed by atoms with Crippen molar-refractivity contribution >= 4 is 22.6 Å². The molecule has 3 rings (SSSR count). The summed E-state index contributed by atoms with van der Waals surface area (Å²) in [4.78, 5) is 0. The number of para-hydroxylation sites is 1. The van der Waals surface area contributed by atoms with Crippen LogP contribution in [0.5, 0.6) is 0 Å². The van der Waals surface area contributed by atoms with E-state index in [9.17, 15) is 4.39 Å². The molecule has 0 radical (unpaired) electrons. The van der Waals surface area contributed by atoms with Gasteiger partial charge in [0.2, 0.25) is 0 Å². The number of nitrogens with one attached hydrogen (secondary N) is 1. The molecule has 1 aromatic heterocycles. The molecule has 0 saturated carbocycles. The zero-order chi connectivity index (χ0) is 14.8. The first-order valence-corrected chi connectivity index (χ1v) is 7.14. The highest BCUT2D eigenvalue weighted by molar-refractivity contribution is 6.31. The van der Waals surface area contributed by atoms with Crippen molar-refractivity contribution in [3.8, 4) is 0 Å². The highest BCUT2D eigenvalue weighted by atomic mass is 35.5. The Hall–Kier alpha value is -1.84. The number of hydrogen-bond donors (Lipinski definition) is 1. The average molecular weight is 304 g/mol. The lowest BCUT2D eigenvalue weighted by atomic mass is 9.98. The quantitative estimate of drug-likeness (QED) is 0.754. The van der Waals surface area contributed by atoms with Crippen molar-refractivity contribution in [2.24, 2.45) is 0 Å². The van der Waals surface area contributed by atoms with Crippen molar-refractivity contribution in [2.45, 2.75) is 12.5 Å². The van der Waals surface area contributed by atoms with Crippen LogP contribution in [0.1, 0.15) is 17.2 Å². The third-order valence-corrected chi connectivity index (χ3v) is 4.06. The van der Waals surface area contributed by atoms with Gasteiger partial charge in [-0.2, -0.15) is 0 Å². The molecule has 21 heavy (non-hydrogen) atoms. The Morgan fingerprint density at radius 2 is 2.00 bits per heavy atom. The maximum atomic E-state index is 14.0. The minimum atomic E-state index is -0.282. The van der Waals surface area contributed by atoms with Gasteiger partial charge in [-0.15, -0.1) is 0 Å². The Kier molecular flexibility index (Phi) is 3.95. The molecule has 0 aliphatic rings. The molecular weight excluding hydrogens is 289 g/mol. The molecule has 1 atom stereocenters. The molecule has 0 spiro atoms. The van der Waals surface area contributed by atoms with Gasteiger partial charge in [-0.05, 0) is 31.7 Å². The monoisotopic (exact) mass is 303 g/mol. The fraction of sp³-hybridized carbons (Fsp3) is 0.176. The molecule has 2 nitrogen and oxygen atoms in total. The summed E-state index contributed by atoms with van der Waals surface area (Å²) in [5.41, 5.74) is 2.35. The molecular formula is C17H15ClFNO. The van der Waals surface area contributed by atoms with Gasteiger partial charge in [0.15, 0.2) is 0 Å². The van der Waals surface area contributed by atoms with E-state index in [-0.39, 0.29) is 11.9 Å². The molecule has 1 N–H and O–H groups in total. The van der Waals surface area contributed by atoms with Gasteiger partial charge in [-0.1, -0.05) is 35.9 Å². The van der Waals surface area contributed by atoms with Gasteiger partial charge in [0.25, 0.3) is 0 Å². The predicted octanol–water partition coefficient (Wildman–Crippen LogP) is 4.73. The molecule has 2 aromatic carbocycles. The maximum absolute atomic E-state index is 14.0. The summed E-state index contributed by atoms with van der Waals surface area (Å²) >= 11 is 6.12. The lowest BCUT2D eigenvalue weighted by Gasteiger charge is -2.16. The molecule has 0 saturated heterocycles. The lowest BCUT2D eigenvalue weighted by molar-refractivity contribution is 0.542. The van der Waals surface area contributed by atoms with E-state index in [0.29, 0.717) is 17.0 Å². The Morgan fingerprint density at radius 1 is 1.19 bits per heavy atom. The Labute approximate surface area is 127 Å². The van der Waals surface area contributed by atoms with E-state index in [1.807, 2.05) is 31.3 Å². The van der Waals surface area contributed by atoms with Crippen molar-refractivity contribution < 1.29 is 8.81 Å². The fourth-order valence-corrected chi connectivity index (χ4v) is 2.81. The summed E-state index contributed by atoms with van der Waals surface area (Å²) in [6.07, 6.45) is 2.19. The number of rotatable bonds is 4. The van der Waals surface area contributed by atoms with Crippen molar-refractivity contribution in [3.63, 3.8) is 0 Å². The molecule has 4 heteroatoms. The minimum absolute atomic E-state index is 0.0666. The van der Waals surface area contributed by atoms with Gasteiger partial charge in [0, 0.05) is 27.6 Å². The van der Waals surface area contributed by atoms with Gasteiger partial charge in [-0.3, -0.25) is 0 Å². The van der Waals surface area contributed by atoms with Crippen molar-refractivity contribution in [2.75, 3.05) is 7.05 Å². The van der Waals surface area contributed by atoms with E-state index in [1.54, 1.807) is 18.4 Å². The van der Waals surface area contributed by atoms with Crippen LogP contribution >= 0.6 is 11.6 Å². The Bertz CT molecular complexity index is 748. The van der Waals surface area contributed by atoms with Crippen LogP contribution in [0.4, 0.5) is 4.39 Å². The van der Waals surface area contributed by atoms with Crippen LogP contribution in [0, 0.1) is 5.82 Å². The number of benzene rings is 2. The number of furan rings is 1. The Balaban J connectivity index is 1.99. The standard InChI is InChI=1S/C17H15ClFNO/c1-20-16(9-12-14(18)6-4-7-15(12)19)13-10-21-17-8-3-2-5-11(13)17/h2-8,10,16,20H,9H2,1H3. The predicted molar refractivity (Wildman–Crippen MR) is 83.1 cm³/mol. The summed E-state index contributed by atoms with van der Waals surface area (Å²) in [5.74, 6) is -0.282. The van der Waals surface area contributed by atoms with Crippen molar-refractivity contribution in [1.82, 2.24) is 5.32 Å². The van der Waals surface area contributed by atoms with Gasteiger partial charge in [0.1, 0.15) is 11.4 Å².